The molecular weight excluding hydrogens is 306 g/mol. The largest absolute Gasteiger partial charge is 0.281 e. The molecule has 2 heterocycles. The number of thiophene rings is 1. The van der Waals surface area contributed by atoms with Crippen LogP contribution in [0, 0.1) is 5.92 Å². The van der Waals surface area contributed by atoms with E-state index < -0.39 is 0 Å². The van der Waals surface area contributed by atoms with Crippen LogP contribution in [0.3, 0.4) is 0 Å². The Balaban J connectivity index is 1.69. The highest BCUT2D eigenvalue weighted by Crippen LogP contribution is 2.33. The number of carbonyl (C=O) groups excluding carboxylic acids is 1. The fourth-order valence-corrected chi connectivity index (χ4v) is 3.98. The molecule has 0 saturated carbocycles. The Morgan fingerprint density at radius 2 is 2.35 bits per heavy atom. The van der Waals surface area contributed by atoms with E-state index in [-0.39, 0.29) is 5.91 Å². The minimum Gasteiger partial charge on any atom is -0.266 e. The van der Waals surface area contributed by atoms with Crippen LogP contribution in [-0.2, 0) is 12.8 Å². The second-order valence-electron chi connectivity index (χ2n) is 5.93. The SMILES string of the molecule is CC[C@@H]1CCc2sc(C(=O)N/N=C(/C)c3ccccn3)cc2C1. The van der Waals surface area contributed by atoms with Crippen molar-refractivity contribution < 1.29 is 4.79 Å². The predicted octanol–water partition coefficient (Wildman–Crippen LogP) is 3.81. The minimum atomic E-state index is -0.132. The third kappa shape index (κ3) is 3.67. The summed E-state index contributed by atoms with van der Waals surface area (Å²) in [6.07, 6.45) is 6.37. The lowest BCUT2D eigenvalue weighted by Gasteiger charge is -2.19. The number of hydrazone groups is 1. The molecule has 1 aliphatic rings. The van der Waals surface area contributed by atoms with Gasteiger partial charge in [0.1, 0.15) is 0 Å². The molecule has 5 heteroatoms. The highest BCUT2D eigenvalue weighted by atomic mass is 32.1. The van der Waals surface area contributed by atoms with Crippen LogP contribution in [-0.4, -0.2) is 16.6 Å². The van der Waals surface area contributed by atoms with Crippen LogP contribution >= 0.6 is 11.3 Å². The summed E-state index contributed by atoms with van der Waals surface area (Å²) in [7, 11) is 0. The number of aromatic nitrogens is 1. The molecule has 0 unspecified atom stereocenters. The average molecular weight is 327 g/mol. The highest BCUT2D eigenvalue weighted by Gasteiger charge is 2.21. The topological polar surface area (TPSA) is 54.4 Å². The van der Waals surface area contributed by atoms with Gasteiger partial charge in [-0.1, -0.05) is 19.4 Å². The molecule has 0 bridgehead atoms. The molecule has 1 amide bonds. The Bertz CT molecular complexity index is 721. The third-order valence-corrected chi connectivity index (χ3v) is 5.58. The zero-order chi connectivity index (χ0) is 16.2. The van der Waals surface area contributed by atoms with E-state index in [0.717, 1.165) is 29.3 Å². The van der Waals surface area contributed by atoms with Crippen LogP contribution in [0.2, 0.25) is 0 Å². The quantitative estimate of drug-likeness (QED) is 0.686. The van der Waals surface area contributed by atoms with Gasteiger partial charge in [0.25, 0.3) is 5.91 Å². The smallest absolute Gasteiger partial charge is 0.266 e. The van der Waals surface area contributed by atoms with Gasteiger partial charge in [-0.3, -0.25) is 9.78 Å². The summed E-state index contributed by atoms with van der Waals surface area (Å²) >= 11 is 1.61. The molecule has 1 N–H and O–H groups in total. The molecule has 0 saturated heterocycles. The van der Waals surface area contributed by atoms with Gasteiger partial charge in [-0.2, -0.15) is 5.10 Å². The van der Waals surface area contributed by atoms with Gasteiger partial charge in [0, 0.05) is 11.1 Å². The van der Waals surface area contributed by atoms with Gasteiger partial charge >= 0.3 is 0 Å². The summed E-state index contributed by atoms with van der Waals surface area (Å²) in [5.41, 5.74) is 5.47. The molecule has 2 aromatic rings. The van der Waals surface area contributed by atoms with E-state index in [2.05, 4.69) is 22.4 Å². The number of aryl methyl sites for hydroxylation is 1. The van der Waals surface area contributed by atoms with Crippen molar-refractivity contribution in [3.8, 4) is 0 Å². The van der Waals surface area contributed by atoms with Crippen LogP contribution in [0.25, 0.3) is 0 Å². The molecule has 0 aromatic carbocycles. The number of hydrogen-bond donors (Lipinski definition) is 1. The fourth-order valence-electron chi connectivity index (χ4n) is 2.88. The molecule has 0 fully saturated rings. The van der Waals surface area contributed by atoms with E-state index in [1.807, 2.05) is 31.2 Å². The van der Waals surface area contributed by atoms with Crippen molar-refractivity contribution in [2.45, 2.75) is 39.5 Å². The summed E-state index contributed by atoms with van der Waals surface area (Å²) < 4.78 is 0. The van der Waals surface area contributed by atoms with Crippen molar-refractivity contribution in [1.82, 2.24) is 10.4 Å². The summed E-state index contributed by atoms with van der Waals surface area (Å²) in [4.78, 5) is 18.7. The summed E-state index contributed by atoms with van der Waals surface area (Å²) in [5, 5.41) is 4.17. The Hall–Kier alpha value is -2.01. The van der Waals surface area contributed by atoms with Gasteiger partial charge < -0.3 is 0 Å². The van der Waals surface area contributed by atoms with Crippen molar-refractivity contribution in [3.63, 3.8) is 0 Å². The van der Waals surface area contributed by atoms with Crippen LogP contribution in [0.5, 0.6) is 0 Å². The summed E-state index contributed by atoms with van der Waals surface area (Å²) in [6, 6.07) is 7.68. The first kappa shape index (κ1) is 15.9. The molecule has 23 heavy (non-hydrogen) atoms. The Kier molecular flexibility index (Phi) is 4.86. The molecule has 0 spiro atoms. The molecule has 1 atom stereocenters. The maximum absolute atomic E-state index is 12.3. The predicted molar refractivity (Wildman–Crippen MR) is 94.0 cm³/mol. The van der Waals surface area contributed by atoms with E-state index in [4.69, 9.17) is 0 Å². The Morgan fingerprint density at radius 1 is 1.48 bits per heavy atom. The van der Waals surface area contributed by atoms with Crippen molar-refractivity contribution in [2.24, 2.45) is 11.0 Å². The lowest BCUT2D eigenvalue weighted by atomic mass is 9.87. The lowest BCUT2D eigenvalue weighted by Crippen LogP contribution is -2.18. The number of rotatable bonds is 4. The average Bonchev–Trinajstić information content (AvgIpc) is 3.03. The van der Waals surface area contributed by atoms with Gasteiger partial charge in [0.15, 0.2) is 0 Å². The van der Waals surface area contributed by atoms with Crippen molar-refractivity contribution in [1.29, 1.82) is 0 Å². The molecule has 0 aliphatic heterocycles. The molecule has 4 nitrogen and oxygen atoms in total. The number of amides is 1. The number of pyridine rings is 1. The van der Waals surface area contributed by atoms with Crippen molar-refractivity contribution in [2.75, 3.05) is 0 Å². The number of nitrogens with one attached hydrogen (secondary N) is 1. The van der Waals surface area contributed by atoms with Gasteiger partial charge in [-0.05, 0) is 55.9 Å². The second kappa shape index (κ2) is 7.04. The van der Waals surface area contributed by atoms with Gasteiger partial charge in [0.05, 0.1) is 16.3 Å². The van der Waals surface area contributed by atoms with Crippen molar-refractivity contribution >= 4 is 23.0 Å². The van der Waals surface area contributed by atoms with Crippen molar-refractivity contribution in [3.05, 3.63) is 51.5 Å². The second-order valence-corrected chi connectivity index (χ2v) is 7.07. The Labute approximate surface area is 140 Å². The van der Waals surface area contributed by atoms with E-state index in [1.165, 1.54) is 23.3 Å². The molecule has 2 aromatic heterocycles. The van der Waals surface area contributed by atoms with Crippen LogP contribution in [0.4, 0.5) is 0 Å². The maximum Gasteiger partial charge on any atom is 0.281 e. The molecule has 0 radical (unpaired) electrons. The first-order valence-electron chi connectivity index (χ1n) is 8.05. The molecule has 1 aliphatic carbocycles. The lowest BCUT2D eigenvalue weighted by molar-refractivity contribution is 0.0959. The minimum absolute atomic E-state index is 0.132. The number of hydrogen-bond acceptors (Lipinski definition) is 4. The van der Waals surface area contributed by atoms with Gasteiger partial charge in [-0.25, -0.2) is 5.43 Å². The third-order valence-electron chi connectivity index (χ3n) is 4.35. The standard InChI is InChI=1S/C18H21N3OS/c1-3-13-7-8-16-14(10-13)11-17(23-16)18(22)21-20-12(2)15-6-4-5-9-19-15/h4-6,9,11,13H,3,7-8,10H2,1-2H3,(H,21,22)/b20-12-/t13-/m1/s1. The van der Waals surface area contributed by atoms with Gasteiger partial charge in [0.2, 0.25) is 0 Å². The van der Waals surface area contributed by atoms with E-state index in [1.54, 1.807) is 17.5 Å². The van der Waals surface area contributed by atoms with E-state index in [0.29, 0.717) is 5.71 Å². The van der Waals surface area contributed by atoms with Gasteiger partial charge in [-0.15, -0.1) is 11.3 Å². The monoisotopic (exact) mass is 327 g/mol. The van der Waals surface area contributed by atoms with Crippen LogP contribution < -0.4 is 5.43 Å². The normalized spacial score (nSPS) is 17.7. The highest BCUT2D eigenvalue weighted by molar-refractivity contribution is 7.14. The number of nitrogens with zero attached hydrogens (tertiary/aromatic N) is 2. The zero-order valence-electron chi connectivity index (χ0n) is 13.5. The fraction of sp³-hybridized carbons (Fsp3) is 0.389. The first-order chi connectivity index (χ1) is 11.2. The number of fused-ring (bicyclic) bond motifs is 1. The Morgan fingerprint density at radius 3 is 3.09 bits per heavy atom. The summed E-state index contributed by atoms with van der Waals surface area (Å²) in [6.45, 7) is 4.08. The molecule has 3 rings (SSSR count). The van der Waals surface area contributed by atoms with E-state index in [9.17, 15) is 4.79 Å². The molecule has 120 valence electrons. The van der Waals surface area contributed by atoms with Crippen LogP contribution in [0.1, 0.15) is 52.5 Å². The first-order valence-corrected chi connectivity index (χ1v) is 8.86. The number of carbonyl (C=O) groups is 1. The van der Waals surface area contributed by atoms with E-state index >= 15 is 0 Å². The summed E-state index contributed by atoms with van der Waals surface area (Å²) in [5.74, 6) is 0.630. The zero-order valence-corrected chi connectivity index (χ0v) is 14.3. The van der Waals surface area contributed by atoms with Crippen LogP contribution in [0.15, 0.2) is 35.6 Å². The maximum atomic E-state index is 12.3. The molecular formula is C18H21N3OS.